The molecule has 47 heavy (non-hydrogen) atoms. The molecule has 5 heterocycles. The van der Waals surface area contributed by atoms with E-state index in [0.29, 0.717) is 36.9 Å². The van der Waals surface area contributed by atoms with Crippen molar-refractivity contribution >= 4 is 11.5 Å². The molecule has 1 aromatic heterocycles. The highest BCUT2D eigenvalue weighted by molar-refractivity contribution is 5.64. The molecule has 12 heteroatoms. The van der Waals surface area contributed by atoms with E-state index in [1.807, 2.05) is 37.2 Å². The third-order valence-corrected chi connectivity index (χ3v) is 11.0. The minimum absolute atomic E-state index is 0.0542. The van der Waals surface area contributed by atoms with Gasteiger partial charge in [0.15, 0.2) is 11.5 Å². The number of ether oxygens (including phenoxy) is 4. The van der Waals surface area contributed by atoms with Crippen LogP contribution < -0.4 is 24.8 Å². The van der Waals surface area contributed by atoms with Gasteiger partial charge in [0, 0.05) is 43.4 Å². The SMILES string of the molecule is CC1CCC2(Cc3nc(OCC45CCCN4C(c4ccc6c(c4)OC(F)(F)O6)CC5)nc(N(C)C)c3CO2)c2c1ccc(N)c2C#N. The van der Waals surface area contributed by atoms with E-state index in [9.17, 15) is 14.0 Å². The van der Waals surface area contributed by atoms with Gasteiger partial charge in [-0.05, 0) is 80.3 Å². The number of hydrogen-bond acceptors (Lipinski definition) is 10. The highest BCUT2D eigenvalue weighted by atomic mass is 19.3. The zero-order chi connectivity index (χ0) is 32.7. The highest BCUT2D eigenvalue weighted by Gasteiger charge is 2.51. The van der Waals surface area contributed by atoms with Crippen LogP contribution in [0, 0.1) is 11.3 Å². The monoisotopic (exact) mass is 644 g/mol. The van der Waals surface area contributed by atoms with E-state index in [-0.39, 0.29) is 29.0 Å². The van der Waals surface area contributed by atoms with Crippen LogP contribution in [0.15, 0.2) is 30.3 Å². The molecular weight excluding hydrogens is 606 g/mol. The third-order valence-electron chi connectivity index (χ3n) is 11.0. The minimum atomic E-state index is -3.64. The van der Waals surface area contributed by atoms with E-state index < -0.39 is 11.9 Å². The van der Waals surface area contributed by atoms with Gasteiger partial charge in [0.05, 0.1) is 23.4 Å². The summed E-state index contributed by atoms with van der Waals surface area (Å²) in [6.07, 6.45) is 2.28. The average molecular weight is 645 g/mol. The molecule has 2 fully saturated rings. The lowest BCUT2D eigenvalue weighted by Gasteiger charge is -2.44. The lowest BCUT2D eigenvalue weighted by Crippen LogP contribution is -2.44. The summed E-state index contributed by atoms with van der Waals surface area (Å²) in [5, 5.41) is 10.1. The molecule has 0 amide bonds. The number of benzene rings is 2. The molecule has 5 aliphatic rings. The lowest BCUT2D eigenvalue weighted by molar-refractivity contribution is -0.286. The first-order valence-electron chi connectivity index (χ1n) is 16.3. The van der Waals surface area contributed by atoms with Crippen molar-refractivity contribution < 1.29 is 27.7 Å². The van der Waals surface area contributed by atoms with E-state index in [0.717, 1.165) is 78.8 Å². The lowest BCUT2D eigenvalue weighted by atomic mass is 9.69. The second-order valence-corrected chi connectivity index (χ2v) is 13.9. The van der Waals surface area contributed by atoms with E-state index in [1.54, 1.807) is 12.1 Å². The molecule has 4 atom stereocenters. The third kappa shape index (κ3) is 4.77. The van der Waals surface area contributed by atoms with Gasteiger partial charge in [-0.15, -0.1) is 8.78 Å². The van der Waals surface area contributed by atoms with E-state index in [4.69, 9.17) is 29.9 Å². The van der Waals surface area contributed by atoms with Crippen LogP contribution in [0.5, 0.6) is 17.5 Å². The molecule has 0 saturated carbocycles. The van der Waals surface area contributed by atoms with Crippen LogP contribution in [-0.2, 0) is 23.4 Å². The number of halogens is 2. The van der Waals surface area contributed by atoms with E-state index in [1.165, 1.54) is 0 Å². The zero-order valence-corrected chi connectivity index (χ0v) is 26.8. The number of aromatic nitrogens is 2. The number of anilines is 2. The number of fused-ring (bicyclic) bond motifs is 5. The summed E-state index contributed by atoms with van der Waals surface area (Å²) in [4.78, 5) is 14.3. The summed E-state index contributed by atoms with van der Waals surface area (Å²) < 4.78 is 50.0. The van der Waals surface area contributed by atoms with E-state index in [2.05, 4.69) is 22.6 Å². The number of nitrogens with zero attached hydrogens (tertiary/aromatic N) is 5. The van der Waals surface area contributed by atoms with Crippen LogP contribution in [0.2, 0.25) is 0 Å². The maximum atomic E-state index is 13.7. The van der Waals surface area contributed by atoms with Crippen molar-refractivity contribution in [2.75, 3.05) is 37.9 Å². The Bertz CT molecular complexity index is 1810. The first-order chi connectivity index (χ1) is 22.5. The number of hydrogen-bond donors (Lipinski definition) is 1. The number of nitrogens with two attached hydrogens (primary N) is 1. The molecule has 2 aromatic carbocycles. The van der Waals surface area contributed by atoms with Crippen LogP contribution in [0.3, 0.4) is 0 Å². The van der Waals surface area contributed by atoms with Crippen LogP contribution in [0.25, 0.3) is 0 Å². The Kier molecular flexibility index (Phi) is 6.83. The topological polar surface area (TPSA) is 119 Å². The van der Waals surface area contributed by atoms with Gasteiger partial charge < -0.3 is 29.6 Å². The number of nitrogen functional groups attached to an aromatic ring is 1. The van der Waals surface area contributed by atoms with Crippen molar-refractivity contribution in [1.29, 1.82) is 5.26 Å². The Morgan fingerprint density at radius 2 is 1.94 bits per heavy atom. The van der Waals surface area contributed by atoms with Gasteiger partial charge in [-0.1, -0.05) is 19.1 Å². The molecule has 1 spiro atoms. The first-order valence-corrected chi connectivity index (χ1v) is 16.3. The van der Waals surface area contributed by atoms with Gasteiger partial charge in [-0.25, -0.2) is 0 Å². The Hall–Kier alpha value is -4.21. The fraction of sp³-hybridized carbons (Fsp3) is 0.514. The molecule has 0 radical (unpaired) electrons. The second kappa shape index (κ2) is 10.7. The molecule has 2 N–H and O–H groups in total. The minimum Gasteiger partial charge on any atom is -0.461 e. The predicted molar refractivity (Wildman–Crippen MR) is 169 cm³/mol. The molecule has 0 bridgehead atoms. The number of rotatable bonds is 5. The highest BCUT2D eigenvalue weighted by Crippen LogP contribution is 2.53. The van der Waals surface area contributed by atoms with Gasteiger partial charge in [0.1, 0.15) is 24.1 Å². The molecule has 4 aliphatic heterocycles. The van der Waals surface area contributed by atoms with Crippen molar-refractivity contribution in [1.82, 2.24) is 14.9 Å². The second-order valence-electron chi connectivity index (χ2n) is 13.9. The number of alkyl halides is 2. The molecule has 246 valence electrons. The van der Waals surface area contributed by atoms with Gasteiger partial charge in [0.25, 0.3) is 0 Å². The normalized spacial score (nSPS) is 28.4. The fourth-order valence-electron chi connectivity index (χ4n) is 8.68. The van der Waals surface area contributed by atoms with Gasteiger partial charge in [-0.2, -0.15) is 15.2 Å². The summed E-state index contributed by atoms with van der Waals surface area (Å²) in [5.74, 6) is 1.16. The predicted octanol–water partition coefficient (Wildman–Crippen LogP) is 5.93. The van der Waals surface area contributed by atoms with Crippen molar-refractivity contribution in [3.8, 4) is 23.6 Å². The average Bonchev–Trinajstić information content (AvgIpc) is 3.71. The fourth-order valence-corrected chi connectivity index (χ4v) is 8.68. The molecular formula is C35H38F2N6O4. The summed E-state index contributed by atoms with van der Waals surface area (Å²) in [5.41, 5.74) is 11.1. The van der Waals surface area contributed by atoms with Crippen molar-refractivity contribution in [2.24, 2.45) is 0 Å². The summed E-state index contributed by atoms with van der Waals surface area (Å²) >= 11 is 0. The van der Waals surface area contributed by atoms with Crippen molar-refractivity contribution in [3.63, 3.8) is 0 Å². The Balaban J connectivity index is 1.08. The molecule has 4 unspecified atom stereocenters. The summed E-state index contributed by atoms with van der Waals surface area (Å²) in [6.45, 7) is 3.80. The van der Waals surface area contributed by atoms with E-state index >= 15 is 0 Å². The molecule has 1 aliphatic carbocycles. The molecule has 3 aromatic rings. The number of nitriles is 1. The first kappa shape index (κ1) is 30.1. The van der Waals surface area contributed by atoms with Crippen LogP contribution in [-0.4, -0.2) is 53.9 Å². The van der Waals surface area contributed by atoms with Crippen molar-refractivity contribution in [2.45, 2.75) is 87.9 Å². The molecule has 10 nitrogen and oxygen atoms in total. The Labute approximate surface area is 272 Å². The maximum Gasteiger partial charge on any atom is 0.586 e. The largest absolute Gasteiger partial charge is 0.586 e. The van der Waals surface area contributed by atoms with Crippen LogP contribution in [0.4, 0.5) is 20.3 Å². The zero-order valence-electron chi connectivity index (χ0n) is 26.8. The molecule has 8 rings (SSSR count). The van der Waals surface area contributed by atoms with Gasteiger partial charge >= 0.3 is 12.3 Å². The van der Waals surface area contributed by atoms with Gasteiger partial charge in [0.2, 0.25) is 0 Å². The Morgan fingerprint density at radius 3 is 2.74 bits per heavy atom. The van der Waals surface area contributed by atoms with Crippen LogP contribution >= 0.6 is 0 Å². The van der Waals surface area contributed by atoms with Gasteiger partial charge in [-0.3, -0.25) is 4.90 Å². The smallest absolute Gasteiger partial charge is 0.461 e. The summed E-state index contributed by atoms with van der Waals surface area (Å²) in [7, 11) is 3.89. The van der Waals surface area contributed by atoms with Crippen LogP contribution in [0.1, 0.15) is 90.9 Å². The van der Waals surface area contributed by atoms with Crippen molar-refractivity contribution in [3.05, 3.63) is 63.8 Å². The molecule has 2 saturated heterocycles. The summed E-state index contributed by atoms with van der Waals surface area (Å²) in [6, 6.07) is 11.7. The Morgan fingerprint density at radius 1 is 1.11 bits per heavy atom. The maximum absolute atomic E-state index is 13.7. The quantitative estimate of drug-likeness (QED) is 0.335. The standard InChI is InChI=1S/C35H38F2N6O4/c1-20-9-13-34(30-22(20)6-7-25(39)23(30)17-38)16-26-24(18-45-34)31(42(2)3)41-32(40-26)44-19-33-11-4-14-43(33)27(10-12-33)21-5-8-28-29(15-21)47-35(36,37)46-28/h5-8,15,20,27H,4,9-14,16,18-19,39H2,1-3H3.